The van der Waals surface area contributed by atoms with Crippen molar-refractivity contribution in [3.63, 3.8) is 0 Å². The van der Waals surface area contributed by atoms with E-state index in [-0.39, 0.29) is 28.8 Å². The Morgan fingerprint density at radius 2 is 2.11 bits per heavy atom. The van der Waals surface area contributed by atoms with Crippen LogP contribution in [0.5, 0.6) is 0 Å². The number of halogens is 1. The standard InChI is InChI=1S/C25H20BrN7O2S2/c26-16-6-1-2-7-17(16)30-20(35)13-36-25-32-31-24(37-25)33-18-8-3-9-19(34)22(18)21(15(11-27)23(33)28)14-5-4-10-29-12-14/h1-2,4-7,10,12,21H,3,8-9,13,28H2,(H,30,35). The van der Waals surface area contributed by atoms with Crippen molar-refractivity contribution in [3.8, 4) is 6.07 Å². The second kappa shape index (κ2) is 10.8. The van der Waals surface area contributed by atoms with Crippen LogP contribution in [-0.4, -0.2) is 32.6 Å². The maximum absolute atomic E-state index is 13.2. The molecule has 1 unspecified atom stereocenters. The number of thioether (sulfide) groups is 1. The van der Waals surface area contributed by atoms with Crippen molar-refractivity contribution < 1.29 is 9.59 Å². The van der Waals surface area contributed by atoms with Crippen LogP contribution in [0.15, 0.2) is 80.3 Å². The van der Waals surface area contributed by atoms with Crippen LogP contribution in [0.2, 0.25) is 0 Å². The number of amides is 1. The monoisotopic (exact) mass is 593 g/mol. The number of hydrogen-bond donors (Lipinski definition) is 2. The molecule has 0 spiro atoms. The molecule has 1 aliphatic carbocycles. The van der Waals surface area contributed by atoms with Gasteiger partial charge in [-0.05, 0) is 52.5 Å². The third-order valence-corrected chi connectivity index (χ3v) is 8.73. The van der Waals surface area contributed by atoms with Crippen LogP contribution in [0.4, 0.5) is 10.8 Å². The highest BCUT2D eigenvalue weighted by atomic mass is 79.9. The quantitative estimate of drug-likeness (QED) is 0.388. The number of nitriles is 1. The van der Waals surface area contributed by atoms with Gasteiger partial charge in [-0.25, -0.2) is 0 Å². The van der Waals surface area contributed by atoms with E-state index in [9.17, 15) is 14.9 Å². The summed E-state index contributed by atoms with van der Waals surface area (Å²) in [6, 6.07) is 13.2. The minimum absolute atomic E-state index is 0.0109. The van der Waals surface area contributed by atoms with Crippen molar-refractivity contribution in [1.29, 1.82) is 5.26 Å². The molecule has 1 aromatic carbocycles. The van der Waals surface area contributed by atoms with Crippen LogP contribution >= 0.6 is 39.0 Å². The summed E-state index contributed by atoms with van der Waals surface area (Å²) in [6.07, 6.45) is 5.02. The number of aromatic nitrogens is 3. The third kappa shape index (κ3) is 5.02. The van der Waals surface area contributed by atoms with Gasteiger partial charge in [-0.3, -0.25) is 19.5 Å². The normalized spacial score (nSPS) is 17.5. The first-order valence-electron chi connectivity index (χ1n) is 11.3. The zero-order valence-electron chi connectivity index (χ0n) is 19.3. The fraction of sp³-hybridized carbons (Fsp3) is 0.200. The van der Waals surface area contributed by atoms with E-state index in [0.717, 1.165) is 15.7 Å². The number of nitrogens with one attached hydrogen (secondary N) is 1. The van der Waals surface area contributed by atoms with Gasteiger partial charge in [-0.15, -0.1) is 10.2 Å². The van der Waals surface area contributed by atoms with Crippen molar-refractivity contribution >= 4 is 61.5 Å². The van der Waals surface area contributed by atoms with Gasteiger partial charge in [0, 0.05) is 34.6 Å². The first kappa shape index (κ1) is 25.1. The minimum atomic E-state index is -0.569. The average molecular weight is 595 g/mol. The third-order valence-electron chi connectivity index (χ3n) is 5.99. The number of ketones is 1. The van der Waals surface area contributed by atoms with E-state index in [1.165, 1.54) is 23.1 Å². The number of Topliss-reactive ketones (excluding diaryl/α,β-unsaturated/α-hetero) is 1. The molecule has 0 radical (unpaired) electrons. The summed E-state index contributed by atoms with van der Waals surface area (Å²) in [4.78, 5) is 31.5. The van der Waals surface area contributed by atoms with Crippen molar-refractivity contribution in [3.05, 3.63) is 81.5 Å². The molecule has 3 aromatic rings. The summed E-state index contributed by atoms with van der Waals surface area (Å²) in [5.41, 5.74) is 9.56. The fourth-order valence-corrected chi connectivity index (χ4v) is 6.48. The number of rotatable bonds is 6. The number of allylic oxidation sites excluding steroid dienone is 3. The summed E-state index contributed by atoms with van der Waals surface area (Å²) in [5, 5.41) is 21.9. The summed E-state index contributed by atoms with van der Waals surface area (Å²) in [5.74, 6) is -0.395. The van der Waals surface area contributed by atoms with Gasteiger partial charge in [0.25, 0.3) is 0 Å². The van der Waals surface area contributed by atoms with Crippen LogP contribution < -0.4 is 16.0 Å². The maximum Gasteiger partial charge on any atom is 0.234 e. The lowest BCUT2D eigenvalue weighted by molar-refractivity contribution is -0.116. The molecule has 0 saturated heterocycles. The average Bonchev–Trinajstić information content (AvgIpc) is 3.37. The van der Waals surface area contributed by atoms with Gasteiger partial charge >= 0.3 is 0 Å². The molecule has 5 rings (SSSR count). The zero-order chi connectivity index (χ0) is 25.9. The molecule has 0 fully saturated rings. The van der Waals surface area contributed by atoms with Crippen molar-refractivity contribution in [2.75, 3.05) is 16.0 Å². The number of nitrogens with two attached hydrogens (primary N) is 1. The Morgan fingerprint density at radius 1 is 1.27 bits per heavy atom. The number of carbonyl (C=O) groups is 2. The predicted octanol–water partition coefficient (Wildman–Crippen LogP) is 4.73. The van der Waals surface area contributed by atoms with Gasteiger partial charge < -0.3 is 11.1 Å². The Kier molecular flexibility index (Phi) is 7.36. The SMILES string of the molecule is N#CC1=C(N)N(c2nnc(SCC(=O)Nc3ccccc3Br)s2)C2=C(C(=O)CCC2)C1c1cccnc1. The van der Waals surface area contributed by atoms with E-state index in [2.05, 4.69) is 42.5 Å². The Balaban J connectivity index is 1.42. The van der Waals surface area contributed by atoms with Crippen LogP contribution in [0.3, 0.4) is 0 Å². The molecular formula is C25H20BrN7O2S2. The van der Waals surface area contributed by atoms with E-state index in [4.69, 9.17) is 5.73 Å². The Hall–Kier alpha value is -3.53. The minimum Gasteiger partial charge on any atom is -0.384 e. The second-order valence-electron chi connectivity index (χ2n) is 8.27. The van der Waals surface area contributed by atoms with Crippen LogP contribution in [-0.2, 0) is 9.59 Å². The lowest BCUT2D eigenvalue weighted by Crippen LogP contribution is -2.38. The summed E-state index contributed by atoms with van der Waals surface area (Å²) in [7, 11) is 0. The van der Waals surface area contributed by atoms with Gasteiger partial charge in [-0.1, -0.05) is 41.3 Å². The predicted molar refractivity (Wildman–Crippen MR) is 146 cm³/mol. The molecule has 9 nitrogen and oxygen atoms in total. The number of para-hydroxylation sites is 1. The summed E-state index contributed by atoms with van der Waals surface area (Å²) < 4.78 is 1.37. The second-order valence-corrected chi connectivity index (χ2v) is 11.3. The van der Waals surface area contributed by atoms with E-state index in [1.807, 2.05) is 30.3 Å². The molecule has 37 heavy (non-hydrogen) atoms. The largest absolute Gasteiger partial charge is 0.384 e. The summed E-state index contributed by atoms with van der Waals surface area (Å²) >= 11 is 5.93. The van der Waals surface area contributed by atoms with Crippen LogP contribution in [0, 0.1) is 11.3 Å². The highest BCUT2D eigenvalue weighted by Crippen LogP contribution is 2.46. The molecule has 1 amide bonds. The van der Waals surface area contributed by atoms with E-state index in [1.54, 1.807) is 23.4 Å². The number of carbonyl (C=O) groups excluding carboxylic acids is 2. The molecular weight excluding hydrogens is 574 g/mol. The van der Waals surface area contributed by atoms with Crippen LogP contribution in [0.25, 0.3) is 0 Å². The van der Waals surface area contributed by atoms with Gasteiger partial charge in [0.05, 0.1) is 29.0 Å². The maximum atomic E-state index is 13.2. The number of pyridine rings is 1. The topological polar surface area (TPSA) is 138 Å². The number of nitrogens with zero attached hydrogens (tertiary/aromatic N) is 5. The molecule has 0 saturated carbocycles. The molecule has 1 atom stereocenters. The Labute approximate surface area is 229 Å². The zero-order valence-corrected chi connectivity index (χ0v) is 22.6. The van der Waals surface area contributed by atoms with Crippen LogP contribution in [0.1, 0.15) is 30.7 Å². The van der Waals surface area contributed by atoms with E-state index >= 15 is 0 Å². The number of benzene rings is 1. The molecule has 3 N–H and O–H groups in total. The highest BCUT2D eigenvalue weighted by molar-refractivity contribution is 9.10. The van der Waals surface area contributed by atoms with E-state index < -0.39 is 5.92 Å². The highest BCUT2D eigenvalue weighted by Gasteiger charge is 2.41. The summed E-state index contributed by atoms with van der Waals surface area (Å²) in [6.45, 7) is 0. The Bertz CT molecular complexity index is 1480. The fourth-order valence-electron chi connectivity index (χ4n) is 4.41. The molecule has 0 bridgehead atoms. The van der Waals surface area contributed by atoms with Gasteiger partial charge in [-0.2, -0.15) is 5.26 Å². The molecule has 186 valence electrons. The van der Waals surface area contributed by atoms with Crippen molar-refractivity contribution in [2.45, 2.75) is 29.5 Å². The molecule has 12 heteroatoms. The van der Waals surface area contributed by atoms with Gasteiger partial charge in [0.15, 0.2) is 10.1 Å². The lowest BCUT2D eigenvalue weighted by Gasteiger charge is -2.37. The molecule has 2 aromatic heterocycles. The van der Waals surface area contributed by atoms with Gasteiger partial charge in [0.2, 0.25) is 11.0 Å². The first-order chi connectivity index (χ1) is 18.0. The van der Waals surface area contributed by atoms with E-state index in [0.29, 0.717) is 40.0 Å². The smallest absolute Gasteiger partial charge is 0.234 e. The molecule has 3 heterocycles. The molecule has 2 aliphatic rings. The van der Waals surface area contributed by atoms with Crippen molar-refractivity contribution in [2.24, 2.45) is 5.73 Å². The Morgan fingerprint density at radius 3 is 2.86 bits per heavy atom. The molecule has 1 aliphatic heterocycles. The van der Waals surface area contributed by atoms with Crippen molar-refractivity contribution in [1.82, 2.24) is 15.2 Å². The lowest BCUT2D eigenvalue weighted by atomic mass is 9.76. The van der Waals surface area contributed by atoms with Gasteiger partial charge in [0.1, 0.15) is 5.82 Å². The number of anilines is 2. The number of hydrogen-bond acceptors (Lipinski definition) is 10. The first-order valence-corrected chi connectivity index (χ1v) is 13.9.